The molecule has 0 saturated carbocycles. The van der Waals surface area contributed by atoms with Crippen LogP contribution in [0.3, 0.4) is 0 Å². The Hall–Kier alpha value is -3.98. The third-order valence-corrected chi connectivity index (χ3v) is 5.94. The first kappa shape index (κ1) is 22.8. The first-order valence-electron chi connectivity index (χ1n) is 11.6. The fraction of sp³-hybridized carbons (Fsp3) is 0.308. The van der Waals surface area contributed by atoms with E-state index in [1.165, 1.54) is 0 Å². The van der Waals surface area contributed by atoms with Crippen LogP contribution in [-0.4, -0.2) is 66.0 Å². The van der Waals surface area contributed by atoms with Crippen LogP contribution < -0.4 is 9.64 Å². The van der Waals surface area contributed by atoms with Gasteiger partial charge in [0, 0.05) is 30.1 Å². The highest BCUT2D eigenvalue weighted by molar-refractivity contribution is 5.97. The number of rotatable bonds is 7. The number of methoxy groups -OCH3 is 1. The molecule has 0 atom stereocenters. The molecule has 9 heteroatoms. The lowest BCUT2D eigenvalue weighted by atomic mass is 10.1. The van der Waals surface area contributed by atoms with Crippen LogP contribution in [0.25, 0.3) is 22.2 Å². The molecule has 1 saturated heterocycles. The molecule has 0 unspecified atom stereocenters. The number of carbonyl (C=O) groups excluding carboxylic acids is 1. The van der Waals surface area contributed by atoms with E-state index in [4.69, 9.17) is 19.2 Å². The summed E-state index contributed by atoms with van der Waals surface area (Å²) in [4.78, 5) is 19.3. The second kappa shape index (κ2) is 10.1. The molecule has 5 rings (SSSR count). The second-order valence-electron chi connectivity index (χ2n) is 8.21. The second-order valence-corrected chi connectivity index (χ2v) is 8.21. The van der Waals surface area contributed by atoms with E-state index in [2.05, 4.69) is 15.2 Å². The zero-order valence-electron chi connectivity index (χ0n) is 19.8. The average Bonchev–Trinajstić information content (AvgIpc) is 3.36. The van der Waals surface area contributed by atoms with Crippen molar-refractivity contribution in [1.29, 1.82) is 0 Å². The molecule has 180 valence electrons. The third kappa shape index (κ3) is 4.81. The van der Waals surface area contributed by atoms with E-state index in [1.807, 2.05) is 48.7 Å². The van der Waals surface area contributed by atoms with Gasteiger partial charge in [-0.2, -0.15) is 0 Å². The van der Waals surface area contributed by atoms with E-state index >= 15 is 0 Å². The molecule has 0 amide bonds. The van der Waals surface area contributed by atoms with E-state index in [0.717, 1.165) is 46.7 Å². The van der Waals surface area contributed by atoms with Crippen LogP contribution in [0.2, 0.25) is 0 Å². The number of pyridine rings is 1. The van der Waals surface area contributed by atoms with E-state index in [-0.39, 0.29) is 5.97 Å². The molecule has 0 radical (unpaired) electrons. The lowest BCUT2D eigenvalue weighted by Gasteiger charge is -2.28. The highest BCUT2D eigenvalue weighted by atomic mass is 16.5. The van der Waals surface area contributed by atoms with Gasteiger partial charge in [-0.25, -0.2) is 14.5 Å². The Labute approximate surface area is 203 Å². The Balaban J connectivity index is 1.47. The molecule has 1 aliphatic heterocycles. The van der Waals surface area contributed by atoms with Crippen molar-refractivity contribution < 1.29 is 19.0 Å². The lowest BCUT2D eigenvalue weighted by Crippen LogP contribution is -2.36. The summed E-state index contributed by atoms with van der Waals surface area (Å²) in [7, 11) is 1.67. The predicted octanol–water partition coefficient (Wildman–Crippen LogP) is 3.56. The summed E-state index contributed by atoms with van der Waals surface area (Å²) in [5.41, 5.74) is 3.85. The Kier molecular flexibility index (Phi) is 6.58. The minimum absolute atomic E-state index is 0.333. The van der Waals surface area contributed by atoms with Crippen molar-refractivity contribution in [3.05, 3.63) is 65.9 Å². The molecule has 0 aliphatic carbocycles. The maximum Gasteiger partial charge on any atom is 0.338 e. The highest BCUT2D eigenvalue weighted by Gasteiger charge is 2.18. The molecule has 4 aromatic rings. The van der Waals surface area contributed by atoms with Crippen molar-refractivity contribution in [2.45, 2.75) is 13.5 Å². The van der Waals surface area contributed by atoms with Crippen LogP contribution >= 0.6 is 0 Å². The molecular weight excluding hydrogens is 446 g/mol. The van der Waals surface area contributed by atoms with Gasteiger partial charge in [0.25, 0.3) is 0 Å². The first-order valence-corrected chi connectivity index (χ1v) is 11.6. The summed E-state index contributed by atoms with van der Waals surface area (Å²) >= 11 is 0. The highest BCUT2D eigenvalue weighted by Crippen LogP contribution is 2.34. The number of fused-ring (bicyclic) bond motifs is 1. The van der Waals surface area contributed by atoms with Crippen LogP contribution in [0.1, 0.15) is 22.8 Å². The molecule has 2 aromatic heterocycles. The van der Waals surface area contributed by atoms with Gasteiger partial charge in [-0.15, -0.1) is 5.10 Å². The van der Waals surface area contributed by atoms with Gasteiger partial charge in [0.05, 0.1) is 50.8 Å². The van der Waals surface area contributed by atoms with Gasteiger partial charge in [0.1, 0.15) is 17.3 Å². The number of ether oxygens (including phenoxy) is 3. The monoisotopic (exact) mass is 473 g/mol. The van der Waals surface area contributed by atoms with Gasteiger partial charge in [-0.1, -0.05) is 29.5 Å². The smallest absolute Gasteiger partial charge is 0.338 e. The fourth-order valence-electron chi connectivity index (χ4n) is 4.23. The minimum atomic E-state index is -0.333. The Morgan fingerprint density at radius 3 is 2.74 bits per heavy atom. The number of nitrogens with zero attached hydrogens (tertiary/aromatic N) is 5. The Bertz CT molecular complexity index is 1350. The summed E-state index contributed by atoms with van der Waals surface area (Å²) in [5.74, 6) is 1.29. The fourth-order valence-corrected chi connectivity index (χ4v) is 4.23. The van der Waals surface area contributed by atoms with Crippen LogP contribution in [0.15, 0.2) is 54.7 Å². The molecule has 1 fully saturated rings. The SMILES string of the molecule is CCOC(=O)c1cccc(Cn2cc(-c3cccc4c(OC)cc(N5CCOCC5)nc34)nn2)c1. The minimum Gasteiger partial charge on any atom is -0.496 e. The van der Waals surface area contributed by atoms with Crippen LogP contribution in [0, 0.1) is 0 Å². The summed E-state index contributed by atoms with van der Waals surface area (Å²) in [5, 5.41) is 9.66. The summed E-state index contributed by atoms with van der Waals surface area (Å²) in [6.07, 6.45) is 1.89. The largest absolute Gasteiger partial charge is 0.496 e. The van der Waals surface area contributed by atoms with Gasteiger partial charge >= 0.3 is 5.97 Å². The molecule has 0 bridgehead atoms. The Morgan fingerprint density at radius 1 is 1.11 bits per heavy atom. The molecular formula is C26H27N5O4. The van der Waals surface area contributed by atoms with Crippen molar-refractivity contribution in [3.8, 4) is 17.0 Å². The number of para-hydroxylation sites is 1. The van der Waals surface area contributed by atoms with E-state index in [1.54, 1.807) is 24.8 Å². The van der Waals surface area contributed by atoms with E-state index in [9.17, 15) is 4.79 Å². The quantitative estimate of drug-likeness (QED) is 0.376. The van der Waals surface area contributed by atoms with Crippen LogP contribution in [-0.2, 0) is 16.0 Å². The molecule has 2 aromatic carbocycles. The number of aromatic nitrogens is 4. The number of hydrogen-bond acceptors (Lipinski definition) is 8. The summed E-state index contributed by atoms with van der Waals surface area (Å²) in [6, 6.07) is 15.3. The zero-order valence-corrected chi connectivity index (χ0v) is 19.8. The summed E-state index contributed by atoms with van der Waals surface area (Å²) < 4.78 is 18.1. The average molecular weight is 474 g/mol. The number of carbonyl (C=O) groups is 1. The van der Waals surface area contributed by atoms with Gasteiger partial charge in [-0.3, -0.25) is 0 Å². The van der Waals surface area contributed by atoms with Gasteiger partial charge in [0.2, 0.25) is 0 Å². The van der Waals surface area contributed by atoms with Crippen LogP contribution in [0.5, 0.6) is 5.75 Å². The molecule has 9 nitrogen and oxygen atoms in total. The number of hydrogen-bond donors (Lipinski definition) is 0. The van der Waals surface area contributed by atoms with Crippen molar-refractivity contribution in [2.75, 3.05) is 44.9 Å². The molecule has 1 aliphatic rings. The normalized spacial score (nSPS) is 13.7. The van der Waals surface area contributed by atoms with E-state index < -0.39 is 0 Å². The maximum absolute atomic E-state index is 12.1. The number of esters is 1. The van der Waals surface area contributed by atoms with Crippen molar-refractivity contribution in [3.63, 3.8) is 0 Å². The van der Waals surface area contributed by atoms with Gasteiger partial charge in [0.15, 0.2) is 0 Å². The standard InChI is InChI=1S/C26H27N5O4/c1-3-35-26(32)19-7-4-6-18(14-19)16-31-17-22(28-29-31)20-8-5-9-21-23(33-2)15-24(27-25(20)21)30-10-12-34-13-11-30/h4-9,14-15,17H,3,10-13,16H2,1-2H3. The molecule has 3 heterocycles. The van der Waals surface area contributed by atoms with Gasteiger partial charge in [-0.05, 0) is 30.7 Å². The maximum atomic E-state index is 12.1. The Morgan fingerprint density at radius 2 is 1.94 bits per heavy atom. The van der Waals surface area contributed by atoms with Crippen molar-refractivity contribution >= 4 is 22.7 Å². The lowest BCUT2D eigenvalue weighted by molar-refractivity contribution is 0.0526. The molecule has 35 heavy (non-hydrogen) atoms. The first-order chi connectivity index (χ1) is 17.2. The summed E-state index contributed by atoms with van der Waals surface area (Å²) in [6.45, 7) is 5.52. The topological polar surface area (TPSA) is 91.6 Å². The van der Waals surface area contributed by atoms with Crippen LogP contribution in [0.4, 0.5) is 5.82 Å². The predicted molar refractivity (Wildman–Crippen MR) is 132 cm³/mol. The van der Waals surface area contributed by atoms with Crippen molar-refractivity contribution in [2.24, 2.45) is 0 Å². The number of benzene rings is 2. The molecule has 0 N–H and O–H groups in total. The van der Waals surface area contributed by atoms with E-state index in [0.29, 0.717) is 37.6 Å². The third-order valence-electron chi connectivity index (χ3n) is 5.94. The number of morpholine rings is 1. The molecule has 0 spiro atoms. The van der Waals surface area contributed by atoms with Crippen molar-refractivity contribution in [1.82, 2.24) is 20.0 Å². The zero-order chi connectivity index (χ0) is 24.2. The number of anilines is 1. The van der Waals surface area contributed by atoms with Gasteiger partial charge < -0.3 is 19.1 Å².